The quantitative estimate of drug-likeness (QED) is 0.607. The molecule has 0 atom stereocenters. The van der Waals surface area contributed by atoms with Crippen molar-refractivity contribution >= 4 is 11.7 Å². The Balaban J connectivity index is 2.09. The number of rotatable bonds is 3. The molecule has 1 aromatic rings. The lowest BCUT2D eigenvalue weighted by Gasteiger charge is -2.25. The fourth-order valence-corrected chi connectivity index (χ4v) is 1.34. The average molecular weight is 223 g/mol. The summed E-state index contributed by atoms with van der Waals surface area (Å²) in [7, 11) is 1.50. The van der Waals surface area contributed by atoms with Gasteiger partial charge in [-0.2, -0.15) is 0 Å². The predicted molar refractivity (Wildman–Crippen MR) is 57.4 cm³/mol. The van der Waals surface area contributed by atoms with Gasteiger partial charge in [0.2, 0.25) is 0 Å². The van der Waals surface area contributed by atoms with E-state index in [4.69, 9.17) is 19.9 Å². The van der Waals surface area contributed by atoms with E-state index >= 15 is 0 Å². The van der Waals surface area contributed by atoms with E-state index in [0.717, 1.165) is 0 Å². The van der Waals surface area contributed by atoms with E-state index in [-0.39, 0.29) is 12.1 Å². The minimum absolute atomic E-state index is 0.129. The van der Waals surface area contributed by atoms with Crippen molar-refractivity contribution in [3.05, 3.63) is 23.8 Å². The molecule has 1 aliphatic heterocycles. The van der Waals surface area contributed by atoms with Crippen LogP contribution in [0.5, 0.6) is 5.75 Å². The van der Waals surface area contributed by atoms with E-state index in [1.54, 1.807) is 18.2 Å². The largest absolute Gasteiger partial charge is 0.495 e. The van der Waals surface area contributed by atoms with Crippen LogP contribution in [0.25, 0.3) is 0 Å². The zero-order chi connectivity index (χ0) is 11.5. The first-order valence-electron chi connectivity index (χ1n) is 4.93. The normalized spacial score (nSPS) is 15.3. The molecule has 0 amide bonds. The standard InChI is InChI=1S/C11H13NO4/c1-14-10-4-7(2-3-9(10)12)11(13)16-8-5-15-6-8/h2-4,8H,5-6,12H2,1H3. The Morgan fingerprint density at radius 1 is 1.50 bits per heavy atom. The van der Waals surface area contributed by atoms with Crippen LogP contribution in [0.2, 0.25) is 0 Å². The first-order valence-corrected chi connectivity index (χ1v) is 4.93. The van der Waals surface area contributed by atoms with Crippen LogP contribution < -0.4 is 10.5 Å². The molecule has 0 radical (unpaired) electrons. The van der Waals surface area contributed by atoms with Gasteiger partial charge in [-0.05, 0) is 18.2 Å². The summed E-state index contributed by atoms with van der Waals surface area (Å²) in [5.74, 6) is 0.0888. The molecule has 0 aromatic heterocycles. The Morgan fingerprint density at radius 2 is 2.25 bits per heavy atom. The number of ether oxygens (including phenoxy) is 3. The van der Waals surface area contributed by atoms with Crippen LogP contribution >= 0.6 is 0 Å². The molecule has 86 valence electrons. The van der Waals surface area contributed by atoms with Gasteiger partial charge in [-0.1, -0.05) is 0 Å². The van der Waals surface area contributed by atoms with E-state index < -0.39 is 0 Å². The number of methoxy groups -OCH3 is 1. The Hall–Kier alpha value is -1.75. The zero-order valence-electron chi connectivity index (χ0n) is 8.93. The second kappa shape index (κ2) is 4.40. The molecule has 0 spiro atoms. The number of nitrogens with two attached hydrogens (primary N) is 1. The molecule has 1 heterocycles. The monoisotopic (exact) mass is 223 g/mol. The number of benzene rings is 1. The number of carbonyl (C=O) groups excluding carboxylic acids is 1. The molecular formula is C11H13NO4. The van der Waals surface area contributed by atoms with Crippen LogP contribution in [-0.2, 0) is 9.47 Å². The van der Waals surface area contributed by atoms with Crippen molar-refractivity contribution in [3.8, 4) is 5.75 Å². The van der Waals surface area contributed by atoms with Gasteiger partial charge in [-0.3, -0.25) is 0 Å². The molecule has 2 rings (SSSR count). The maximum Gasteiger partial charge on any atom is 0.338 e. The summed E-state index contributed by atoms with van der Waals surface area (Å²) in [4.78, 5) is 11.7. The maximum absolute atomic E-state index is 11.7. The highest BCUT2D eigenvalue weighted by Crippen LogP contribution is 2.23. The van der Waals surface area contributed by atoms with Crippen molar-refractivity contribution in [1.29, 1.82) is 0 Å². The lowest BCUT2D eigenvalue weighted by molar-refractivity contribution is -0.103. The Bertz CT molecular complexity index is 401. The van der Waals surface area contributed by atoms with Gasteiger partial charge in [0.05, 0.1) is 31.6 Å². The molecule has 0 unspecified atom stereocenters. The molecule has 5 nitrogen and oxygen atoms in total. The lowest BCUT2D eigenvalue weighted by Crippen LogP contribution is -2.37. The molecule has 1 aromatic carbocycles. The van der Waals surface area contributed by atoms with Gasteiger partial charge in [0.1, 0.15) is 11.9 Å². The minimum Gasteiger partial charge on any atom is -0.495 e. The molecule has 0 saturated carbocycles. The predicted octanol–water partition coefficient (Wildman–Crippen LogP) is 0.833. The molecule has 1 fully saturated rings. The molecule has 16 heavy (non-hydrogen) atoms. The highest BCUT2D eigenvalue weighted by Gasteiger charge is 2.23. The molecule has 0 aliphatic carbocycles. The van der Waals surface area contributed by atoms with Crippen molar-refractivity contribution in [3.63, 3.8) is 0 Å². The summed E-state index contributed by atoms with van der Waals surface area (Å²) in [6, 6.07) is 4.80. The van der Waals surface area contributed by atoms with E-state index in [2.05, 4.69) is 0 Å². The summed E-state index contributed by atoms with van der Waals surface area (Å²) >= 11 is 0. The summed E-state index contributed by atoms with van der Waals surface area (Å²) in [6.07, 6.45) is -0.129. The first kappa shape index (κ1) is 10.8. The van der Waals surface area contributed by atoms with E-state index in [1.165, 1.54) is 7.11 Å². The van der Waals surface area contributed by atoms with Gasteiger partial charge in [0.15, 0.2) is 0 Å². The second-order valence-electron chi connectivity index (χ2n) is 3.52. The van der Waals surface area contributed by atoms with Gasteiger partial charge in [0, 0.05) is 0 Å². The Morgan fingerprint density at radius 3 is 2.81 bits per heavy atom. The van der Waals surface area contributed by atoms with Crippen LogP contribution in [-0.4, -0.2) is 32.4 Å². The molecule has 5 heteroatoms. The maximum atomic E-state index is 11.7. The van der Waals surface area contributed by atoms with E-state index in [1.807, 2.05) is 0 Å². The smallest absolute Gasteiger partial charge is 0.338 e. The molecule has 2 N–H and O–H groups in total. The van der Waals surface area contributed by atoms with Gasteiger partial charge in [-0.15, -0.1) is 0 Å². The Labute approximate surface area is 93.1 Å². The van der Waals surface area contributed by atoms with Crippen LogP contribution in [0.4, 0.5) is 5.69 Å². The lowest BCUT2D eigenvalue weighted by atomic mass is 10.2. The zero-order valence-corrected chi connectivity index (χ0v) is 8.93. The van der Waals surface area contributed by atoms with Crippen molar-refractivity contribution in [2.75, 3.05) is 26.1 Å². The molecule has 0 bridgehead atoms. The van der Waals surface area contributed by atoms with Crippen molar-refractivity contribution in [2.24, 2.45) is 0 Å². The number of esters is 1. The topological polar surface area (TPSA) is 70.8 Å². The van der Waals surface area contributed by atoms with Gasteiger partial charge < -0.3 is 19.9 Å². The fraction of sp³-hybridized carbons (Fsp3) is 0.364. The third-order valence-electron chi connectivity index (χ3n) is 2.35. The third kappa shape index (κ3) is 2.09. The van der Waals surface area contributed by atoms with Crippen molar-refractivity contribution < 1.29 is 19.0 Å². The van der Waals surface area contributed by atoms with E-state index in [0.29, 0.717) is 30.2 Å². The second-order valence-corrected chi connectivity index (χ2v) is 3.52. The molecule has 1 saturated heterocycles. The third-order valence-corrected chi connectivity index (χ3v) is 2.35. The number of anilines is 1. The van der Waals surface area contributed by atoms with Gasteiger partial charge in [-0.25, -0.2) is 4.79 Å². The van der Waals surface area contributed by atoms with Gasteiger partial charge in [0.25, 0.3) is 0 Å². The number of hydrogen-bond donors (Lipinski definition) is 1. The molecular weight excluding hydrogens is 210 g/mol. The summed E-state index contributed by atoms with van der Waals surface area (Å²) in [5.41, 5.74) is 6.56. The highest BCUT2D eigenvalue weighted by molar-refractivity contribution is 5.90. The molecule has 1 aliphatic rings. The summed E-state index contributed by atoms with van der Waals surface area (Å²) < 4.78 is 15.1. The van der Waals surface area contributed by atoms with Crippen molar-refractivity contribution in [1.82, 2.24) is 0 Å². The summed E-state index contributed by atoms with van der Waals surface area (Å²) in [6.45, 7) is 0.940. The van der Waals surface area contributed by atoms with Crippen molar-refractivity contribution in [2.45, 2.75) is 6.10 Å². The van der Waals surface area contributed by atoms with Crippen LogP contribution in [0.3, 0.4) is 0 Å². The summed E-state index contributed by atoms with van der Waals surface area (Å²) in [5, 5.41) is 0. The number of hydrogen-bond acceptors (Lipinski definition) is 5. The van der Waals surface area contributed by atoms with Crippen LogP contribution in [0.15, 0.2) is 18.2 Å². The fourth-order valence-electron chi connectivity index (χ4n) is 1.34. The van der Waals surface area contributed by atoms with E-state index in [9.17, 15) is 4.79 Å². The van der Waals surface area contributed by atoms with Crippen LogP contribution in [0, 0.1) is 0 Å². The first-order chi connectivity index (χ1) is 7.70. The highest BCUT2D eigenvalue weighted by atomic mass is 16.6. The Kier molecular flexibility index (Phi) is 2.96. The van der Waals surface area contributed by atoms with Gasteiger partial charge >= 0.3 is 5.97 Å². The number of carbonyl (C=O) groups is 1. The average Bonchev–Trinajstić information content (AvgIpc) is 2.24. The SMILES string of the molecule is COc1cc(C(=O)OC2COC2)ccc1N. The van der Waals surface area contributed by atoms with Crippen LogP contribution in [0.1, 0.15) is 10.4 Å². The minimum atomic E-state index is -0.383. The number of nitrogen functional groups attached to an aromatic ring is 1.